The molecule has 0 radical (unpaired) electrons. The fraction of sp³-hybridized carbons (Fsp3) is 0.182. The largest absolute Gasteiger partial charge is 0.476 e. The van der Waals surface area contributed by atoms with Crippen LogP contribution in [0.2, 0.25) is 0 Å². The third-order valence-corrected chi connectivity index (χ3v) is 2.99. The minimum atomic E-state index is -1.24. The van der Waals surface area contributed by atoms with Gasteiger partial charge in [0.05, 0.1) is 17.1 Å². The monoisotopic (exact) mass is 278 g/mol. The Hall–Kier alpha value is -2.35. The number of aromatic nitrogens is 3. The second-order valence-electron chi connectivity index (χ2n) is 3.64. The quantitative estimate of drug-likeness (QED) is 0.868. The summed E-state index contributed by atoms with van der Waals surface area (Å²) >= 11 is 1.45. The summed E-state index contributed by atoms with van der Waals surface area (Å²) in [6.45, 7) is 1.84. The Kier molecular flexibility index (Phi) is 3.81. The Morgan fingerprint density at radius 1 is 1.37 bits per heavy atom. The van der Waals surface area contributed by atoms with Crippen LogP contribution in [0.4, 0.5) is 5.82 Å². The van der Waals surface area contributed by atoms with E-state index in [1.54, 1.807) is 5.38 Å². The van der Waals surface area contributed by atoms with Crippen LogP contribution in [0, 0.1) is 6.92 Å². The SMILES string of the molecule is Cc1nc(CC(=O)Nc2nccnc2C(=O)O)cs1. The number of aromatic carboxylic acids is 1. The number of amides is 1. The highest BCUT2D eigenvalue weighted by Gasteiger charge is 2.15. The smallest absolute Gasteiger partial charge is 0.358 e. The molecule has 0 aliphatic rings. The standard InChI is InChI=1S/C11H10N4O3S/c1-6-14-7(5-19-6)4-8(16)15-10-9(11(17)18)12-2-3-13-10/h2-3,5H,4H2,1H3,(H,17,18)(H,13,15,16). The van der Waals surface area contributed by atoms with Crippen molar-refractivity contribution >= 4 is 29.0 Å². The first-order valence-electron chi connectivity index (χ1n) is 5.31. The second-order valence-corrected chi connectivity index (χ2v) is 4.70. The molecule has 0 atom stereocenters. The van der Waals surface area contributed by atoms with Crippen LogP contribution in [0.25, 0.3) is 0 Å². The molecular formula is C11H10N4O3S. The maximum absolute atomic E-state index is 11.8. The number of carboxylic acid groups (broad SMARTS) is 1. The van der Waals surface area contributed by atoms with Crippen LogP contribution in [-0.2, 0) is 11.2 Å². The maximum Gasteiger partial charge on any atom is 0.358 e. The van der Waals surface area contributed by atoms with Gasteiger partial charge in [-0.1, -0.05) is 0 Å². The van der Waals surface area contributed by atoms with Crippen LogP contribution in [0.15, 0.2) is 17.8 Å². The van der Waals surface area contributed by atoms with Crippen molar-refractivity contribution in [3.05, 3.63) is 34.2 Å². The van der Waals surface area contributed by atoms with E-state index in [1.807, 2.05) is 6.92 Å². The van der Waals surface area contributed by atoms with Gasteiger partial charge in [0.15, 0.2) is 11.5 Å². The molecular weight excluding hydrogens is 268 g/mol. The van der Waals surface area contributed by atoms with Gasteiger partial charge in [-0.15, -0.1) is 11.3 Å². The van der Waals surface area contributed by atoms with E-state index in [9.17, 15) is 9.59 Å². The molecule has 0 saturated carbocycles. The number of carboxylic acids is 1. The van der Waals surface area contributed by atoms with Gasteiger partial charge in [0.25, 0.3) is 0 Å². The van der Waals surface area contributed by atoms with Gasteiger partial charge in [-0.3, -0.25) is 4.79 Å². The van der Waals surface area contributed by atoms with Crippen molar-refractivity contribution in [3.8, 4) is 0 Å². The lowest BCUT2D eigenvalue weighted by Crippen LogP contribution is -2.18. The Bertz CT molecular complexity index is 626. The zero-order chi connectivity index (χ0) is 13.8. The number of nitrogens with zero attached hydrogens (tertiary/aromatic N) is 3. The number of hydrogen-bond acceptors (Lipinski definition) is 6. The normalized spacial score (nSPS) is 10.2. The number of carbonyl (C=O) groups excluding carboxylic acids is 1. The molecule has 2 aromatic heterocycles. The van der Waals surface area contributed by atoms with Crippen LogP contribution in [-0.4, -0.2) is 31.9 Å². The average molecular weight is 278 g/mol. The lowest BCUT2D eigenvalue weighted by atomic mass is 10.3. The molecule has 0 fully saturated rings. The van der Waals surface area contributed by atoms with E-state index < -0.39 is 5.97 Å². The predicted molar refractivity (Wildman–Crippen MR) is 68.2 cm³/mol. The van der Waals surface area contributed by atoms with Crippen LogP contribution in [0.3, 0.4) is 0 Å². The summed E-state index contributed by atoms with van der Waals surface area (Å²) in [6, 6.07) is 0. The molecule has 2 N–H and O–H groups in total. The van der Waals surface area contributed by atoms with E-state index >= 15 is 0 Å². The van der Waals surface area contributed by atoms with Crippen molar-refractivity contribution < 1.29 is 14.7 Å². The molecule has 2 heterocycles. The summed E-state index contributed by atoms with van der Waals surface area (Å²) in [5, 5.41) is 14.0. The highest BCUT2D eigenvalue weighted by molar-refractivity contribution is 7.09. The number of aryl methyl sites for hydroxylation is 1. The van der Waals surface area contributed by atoms with Crippen LogP contribution < -0.4 is 5.32 Å². The summed E-state index contributed by atoms with van der Waals surface area (Å²) in [7, 11) is 0. The number of thiazole rings is 1. The highest BCUT2D eigenvalue weighted by atomic mass is 32.1. The van der Waals surface area contributed by atoms with Crippen molar-refractivity contribution in [2.24, 2.45) is 0 Å². The lowest BCUT2D eigenvalue weighted by Gasteiger charge is -2.05. The first kappa shape index (κ1) is 13.1. The zero-order valence-corrected chi connectivity index (χ0v) is 10.8. The van der Waals surface area contributed by atoms with Crippen LogP contribution >= 0.6 is 11.3 Å². The van der Waals surface area contributed by atoms with Crippen molar-refractivity contribution in [3.63, 3.8) is 0 Å². The second kappa shape index (κ2) is 5.53. The molecule has 0 saturated heterocycles. The van der Waals surface area contributed by atoms with Gasteiger partial charge in [0, 0.05) is 17.8 Å². The summed E-state index contributed by atoms with van der Waals surface area (Å²) in [4.78, 5) is 34.3. The molecule has 0 unspecified atom stereocenters. The van der Waals surface area contributed by atoms with E-state index in [-0.39, 0.29) is 23.8 Å². The first-order valence-corrected chi connectivity index (χ1v) is 6.19. The number of rotatable bonds is 4. The Balaban J connectivity index is 2.09. The first-order chi connectivity index (χ1) is 9.06. The average Bonchev–Trinajstić information content (AvgIpc) is 2.75. The topological polar surface area (TPSA) is 105 Å². The van der Waals surface area contributed by atoms with Gasteiger partial charge < -0.3 is 10.4 Å². The van der Waals surface area contributed by atoms with Crippen LogP contribution in [0.1, 0.15) is 21.2 Å². The summed E-state index contributed by atoms with van der Waals surface area (Å²) in [6.07, 6.45) is 2.64. The number of hydrogen-bond donors (Lipinski definition) is 2. The summed E-state index contributed by atoms with van der Waals surface area (Å²) in [5.41, 5.74) is 0.353. The molecule has 7 nitrogen and oxygen atoms in total. The van der Waals surface area contributed by atoms with Gasteiger partial charge in [-0.25, -0.2) is 19.7 Å². The van der Waals surface area contributed by atoms with E-state index in [4.69, 9.17) is 5.11 Å². The lowest BCUT2D eigenvalue weighted by molar-refractivity contribution is -0.115. The van der Waals surface area contributed by atoms with Gasteiger partial charge in [0.2, 0.25) is 5.91 Å². The highest BCUT2D eigenvalue weighted by Crippen LogP contribution is 2.11. The van der Waals surface area contributed by atoms with E-state index in [0.29, 0.717) is 5.69 Å². The molecule has 98 valence electrons. The van der Waals surface area contributed by atoms with Crippen molar-refractivity contribution in [2.45, 2.75) is 13.3 Å². The minimum Gasteiger partial charge on any atom is -0.476 e. The molecule has 1 amide bonds. The van der Waals surface area contributed by atoms with Crippen LogP contribution in [0.5, 0.6) is 0 Å². The van der Waals surface area contributed by atoms with Gasteiger partial charge in [-0.05, 0) is 6.92 Å². The van der Waals surface area contributed by atoms with Crippen molar-refractivity contribution in [2.75, 3.05) is 5.32 Å². The molecule has 0 spiro atoms. The Labute approximate surface area is 112 Å². The molecule has 0 aliphatic heterocycles. The molecule has 2 rings (SSSR count). The Morgan fingerprint density at radius 2 is 2.11 bits per heavy atom. The predicted octanol–water partition coefficient (Wildman–Crippen LogP) is 1.12. The minimum absolute atomic E-state index is 0.0630. The van der Waals surface area contributed by atoms with Crippen molar-refractivity contribution in [1.29, 1.82) is 0 Å². The molecule has 0 bridgehead atoms. The summed E-state index contributed by atoms with van der Waals surface area (Å²) in [5.74, 6) is -1.69. The van der Waals surface area contributed by atoms with E-state index in [2.05, 4.69) is 20.3 Å². The fourth-order valence-corrected chi connectivity index (χ4v) is 2.03. The molecule has 8 heteroatoms. The zero-order valence-electron chi connectivity index (χ0n) is 9.95. The third kappa shape index (κ3) is 3.32. The fourth-order valence-electron chi connectivity index (χ4n) is 1.42. The number of anilines is 1. The van der Waals surface area contributed by atoms with Gasteiger partial charge in [0.1, 0.15) is 0 Å². The van der Waals surface area contributed by atoms with E-state index in [1.165, 1.54) is 23.7 Å². The molecule has 2 aromatic rings. The van der Waals surface area contributed by atoms with Gasteiger partial charge in [-0.2, -0.15) is 0 Å². The third-order valence-electron chi connectivity index (χ3n) is 2.17. The Morgan fingerprint density at radius 3 is 2.74 bits per heavy atom. The van der Waals surface area contributed by atoms with Gasteiger partial charge >= 0.3 is 5.97 Å². The maximum atomic E-state index is 11.8. The molecule has 19 heavy (non-hydrogen) atoms. The molecule has 0 aliphatic carbocycles. The number of nitrogens with one attached hydrogen (secondary N) is 1. The van der Waals surface area contributed by atoms with Crippen molar-refractivity contribution in [1.82, 2.24) is 15.0 Å². The summed E-state index contributed by atoms with van der Waals surface area (Å²) < 4.78 is 0. The van der Waals surface area contributed by atoms with E-state index in [0.717, 1.165) is 5.01 Å². The molecule has 0 aromatic carbocycles. The number of carbonyl (C=O) groups is 2.